The van der Waals surface area contributed by atoms with E-state index in [0.29, 0.717) is 11.5 Å². The number of hydrogen-bond acceptors (Lipinski definition) is 5. The van der Waals surface area contributed by atoms with Crippen molar-refractivity contribution >= 4 is 21.6 Å². The van der Waals surface area contributed by atoms with Crippen LogP contribution in [0.5, 0.6) is 11.5 Å². The Labute approximate surface area is 157 Å². The molecule has 2 aromatic rings. The second kappa shape index (κ2) is 8.36. The van der Waals surface area contributed by atoms with E-state index in [4.69, 9.17) is 9.47 Å². The molecule has 0 spiro atoms. The van der Waals surface area contributed by atoms with Crippen LogP contribution in [-0.2, 0) is 14.8 Å². The van der Waals surface area contributed by atoms with E-state index >= 15 is 0 Å². The third-order valence-corrected chi connectivity index (χ3v) is 5.51. The number of amides is 1. The molecule has 0 unspecified atom stereocenters. The molecule has 0 radical (unpaired) electrons. The van der Waals surface area contributed by atoms with Crippen molar-refractivity contribution in [3.05, 3.63) is 48.3 Å². The maximum Gasteiger partial charge on any atom is 0.265 e. The molecule has 27 heavy (non-hydrogen) atoms. The molecule has 0 bridgehead atoms. The lowest BCUT2D eigenvalue weighted by molar-refractivity contribution is -0.122. The fourth-order valence-electron chi connectivity index (χ4n) is 2.16. The molecule has 0 aliphatic rings. The first-order chi connectivity index (χ1) is 12.6. The summed E-state index contributed by atoms with van der Waals surface area (Å²) in [5, 5.41) is 2.60. The van der Waals surface area contributed by atoms with Gasteiger partial charge in [-0.1, -0.05) is 0 Å². The van der Waals surface area contributed by atoms with Crippen LogP contribution in [-0.4, -0.2) is 45.9 Å². The fraction of sp³-hybridized carbons (Fsp3) is 0.278. The van der Waals surface area contributed by atoms with Gasteiger partial charge in [0.25, 0.3) is 5.91 Å². The first-order valence-corrected chi connectivity index (χ1v) is 9.43. The number of halogens is 1. The highest BCUT2D eigenvalue weighted by Crippen LogP contribution is 2.28. The van der Waals surface area contributed by atoms with E-state index in [1.807, 2.05) is 0 Å². The molecule has 2 rings (SSSR count). The highest BCUT2D eigenvalue weighted by atomic mass is 32.2. The van der Waals surface area contributed by atoms with Crippen LogP contribution < -0.4 is 14.8 Å². The molecule has 7 nitrogen and oxygen atoms in total. The summed E-state index contributed by atoms with van der Waals surface area (Å²) in [6, 6.07) is 9.42. The van der Waals surface area contributed by atoms with Gasteiger partial charge in [0.05, 0.1) is 17.7 Å². The van der Waals surface area contributed by atoms with Crippen LogP contribution in [0.25, 0.3) is 0 Å². The fourth-order valence-corrected chi connectivity index (χ4v) is 3.09. The number of hydrogen-bond donors (Lipinski definition) is 1. The first-order valence-electron chi connectivity index (χ1n) is 7.99. The second-order valence-electron chi connectivity index (χ2n) is 5.85. The number of carbonyl (C=O) groups is 1. The molecule has 1 atom stereocenters. The molecule has 0 fully saturated rings. The number of sulfonamides is 1. The quantitative estimate of drug-likeness (QED) is 0.777. The van der Waals surface area contributed by atoms with Gasteiger partial charge in [0, 0.05) is 14.1 Å². The number of ether oxygens (including phenoxy) is 2. The van der Waals surface area contributed by atoms with Crippen molar-refractivity contribution in [1.29, 1.82) is 0 Å². The summed E-state index contributed by atoms with van der Waals surface area (Å²) >= 11 is 0. The van der Waals surface area contributed by atoms with Gasteiger partial charge in [-0.3, -0.25) is 4.79 Å². The molecule has 0 heterocycles. The van der Waals surface area contributed by atoms with Gasteiger partial charge < -0.3 is 14.8 Å². The summed E-state index contributed by atoms with van der Waals surface area (Å²) in [6.07, 6.45) is -0.908. The maximum absolute atomic E-state index is 12.9. The van der Waals surface area contributed by atoms with E-state index < -0.39 is 27.9 Å². The van der Waals surface area contributed by atoms with Crippen molar-refractivity contribution in [1.82, 2.24) is 4.31 Å². The molecule has 1 amide bonds. The first kappa shape index (κ1) is 20.7. The van der Waals surface area contributed by atoms with E-state index in [-0.39, 0.29) is 10.6 Å². The summed E-state index contributed by atoms with van der Waals surface area (Å²) < 4.78 is 49.2. The normalized spacial score (nSPS) is 12.5. The van der Waals surface area contributed by atoms with Gasteiger partial charge in [-0.05, 0) is 49.4 Å². The van der Waals surface area contributed by atoms with Crippen molar-refractivity contribution in [2.45, 2.75) is 17.9 Å². The van der Waals surface area contributed by atoms with Crippen molar-refractivity contribution in [2.24, 2.45) is 0 Å². The van der Waals surface area contributed by atoms with Crippen molar-refractivity contribution in [2.75, 3.05) is 26.5 Å². The number of nitrogens with one attached hydrogen (secondary N) is 1. The summed E-state index contributed by atoms with van der Waals surface area (Å²) in [6.45, 7) is 1.52. The molecule has 0 aliphatic heterocycles. The molecule has 2 aromatic carbocycles. The summed E-state index contributed by atoms with van der Waals surface area (Å²) in [7, 11) is 0.559. The van der Waals surface area contributed by atoms with Gasteiger partial charge in [0.15, 0.2) is 6.10 Å². The van der Waals surface area contributed by atoms with Gasteiger partial charge in [-0.2, -0.15) is 0 Å². The second-order valence-corrected chi connectivity index (χ2v) is 8.00. The molecule has 9 heteroatoms. The molecule has 0 saturated carbocycles. The summed E-state index contributed by atoms with van der Waals surface area (Å²) in [4.78, 5) is 12.4. The van der Waals surface area contributed by atoms with Crippen LogP contribution in [0.2, 0.25) is 0 Å². The van der Waals surface area contributed by atoms with Crippen molar-refractivity contribution in [3.63, 3.8) is 0 Å². The van der Waals surface area contributed by atoms with Crippen LogP contribution in [0.4, 0.5) is 10.1 Å². The standard InChI is InChI=1S/C18H21FN2O5S/c1-12(26-14-7-5-13(19)6-8-14)18(22)20-16-11-15(9-10-17(16)25-4)27(23,24)21(2)3/h5-12H,1-4H3,(H,20,22)/t12-/m1/s1. The number of carbonyl (C=O) groups excluding carboxylic acids is 1. The predicted octanol–water partition coefficient (Wildman–Crippen LogP) is 2.49. The molecule has 0 aromatic heterocycles. The number of nitrogens with zero attached hydrogens (tertiary/aromatic N) is 1. The SMILES string of the molecule is COc1ccc(S(=O)(=O)N(C)C)cc1NC(=O)[C@@H](C)Oc1ccc(F)cc1. The number of anilines is 1. The lowest BCUT2D eigenvalue weighted by Gasteiger charge is -2.18. The average molecular weight is 396 g/mol. The minimum Gasteiger partial charge on any atom is -0.495 e. The zero-order chi connectivity index (χ0) is 20.2. The van der Waals surface area contributed by atoms with Gasteiger partial charge in [-0.15, -0.1) is 0 Å². The minimum absolute atomic E-state index is 0.00991. The van der Waals surface area contributed by atoms with E-state index in [0.717, 1.165) is 4.31 Å². The highest BCUT2D eigenvalue weighted by Gasteiger charge is 2.21. The summed E-state index contributed by atoms with van der Waals surface area (Å²) in [5.74, 6) is -0.301. The Kier molecular flexibility index (Phi) is 6.40. The van der Waals surface area contributed by atoms with Crippen molar-refractivity contribution in [3.8, 4) is 11.5 Å². The molecule has 0 saturated heterocycles. The smallest absolute Gasteiger partial charge is 0.265 e. The number of rotatable bonds is 7. The molecular formula is C18H21FN2O5S. The van der Waals surface area contributed by atoms with Crippen LogP contribution in [0.15, 0.2) is 47.4 Å². The maximum atomic E-state index is 12.9. The molecule has 1 N–H and O–H groups in total. The zero-order valence-corrected chi connectivity index (χ0v) is 16.2. The van der Waals surface area contributed by atoms with E-state index in [1.54, 1.807) is 0 Å². The Morgan fingerprint density at radius 1 is 1.15 bits per heavy atom. The van der Waals surface area contributed by atoms with Gasteiger partial charge in [-0.25, -0.2) is 17.1 Å². The van der Waals surface area contributed by atoms with Crippen LogP contribution >= 0.6 is 0 Å². The predicted molar refractivity (Wildman–Crippen MR) is 99.0 cm³/mol. The monoisotopic (exact) mass is 396 g/mol. The largest absolute Gasteiger partial charge is 0.495 e. The van der Waals surface area contributed by atoms with Crippen LogP contribution in [0.1, 0.15) is 6.92 Å². The third kappa shape index (κ3) is 4.95. The Morgan fingerprint density at radius 2 is 1.78 bits per heavy atom. The number of benzene rings is 2. The Morgan fingerprint density at radius 3 is 2.33 bits per heavy atom. The van der Waals surface area contributed by atoms with Gasteiger partial charge in [0.2, 0.25) is 10.0 Å². The third-order valence-electron chi connectivity index (χ3n) is 3.70. The molecular weight excluding hydrogens is 375 g/mol. The van der Waals surface area contributed by atoms with Gasteiger partial charge in [0.1, 0.15) is 17.3 Å². The highest BCUT2D eigenvalue weighted by molar-refractivity contribution is 7.89. The topological polar surface area (TPSA) is 84.9 Å². The lowest BCUT2D eigenvalue weighted by Crippen LogP contribution is -2.30. The van der Waals surface area contributed by atoms with Crippen LogP contribution in [0.3, 0.4) is 0 Å². The number of methoxy groups -OCH3 is 1. The van der Waals surface area contributed by atoms with Crippen molar-refractivity contribution < 1.29 is 27.1 Å². The van der Waals surface area contributed by atoms with E-state index in [9.17, 15) is 17.6 Å². The Hall–Kier alpha value is -2.65. The van der Waals surface area contributed by atoms with Gasteiger partial charge >= 0.3 is 0 Å². The van der Waals surface area contributed by atoms with E-state index in [2.05, 4.69) is 5.32 Å². The average Bonchev–Trinajstić information content (AvgIpc) is 2.63. The lowest BCUT2D eigenvalue weighted by atomic mass is 10.2. The van der Waals surface area contributed by atoms with E-state index in [1.165, 1.54) is 70.6 Å². The van der Waals surface area contributed by atoms with Crippen LogP contribution in [0, 0.1) is 5.82 Å². The minimum atomic E-state index is -3.67. The zero-order valence-electron chi connectivity index (χ0n) is 15.4. The Balaban J connectivity index is 2.21. The molecule has 0 aliphatic carbocycles. The molecule has 146 valence electrons. The Bertz CT molecular complexity index is 914. The summed E-state index contributed by atoms with van der Waals surface area (Å²) in [5.41, 5.74) is 0.194.